The van der Waals surface area contributed by atoms with Crippen LogP contribution in [0.2, 0.25) is 0 Å². The van der Waals surface area contributed by atoms with Crippen LogP contribution in [0.1, 0.15) is 38.2 Å². The molecule has 0 aliphatic heterocycles. The number of hydrogen-bond acceptors (Lipinski definition) is 4. The summed E-state index contributed by atoms with van der Waals surface area (Å²) in [5.74, 6) is 2.35. The summed E-state index contributed by atoms with van der Waals surface area (Å²) >= 11 is 0. The van der Waals surface area contributed by atoms with Gasteiger partial charge in [0.25, 0.3) is 0 Å². The molecule has 0 radical (unpaired) electrons. The van der Waals surface area contributed by atoms with Crippen molar-refractivity contribution in [2.24, 2.45) is 5.41 Å². The fraction of sp³-hybridized carbons (Fsp3) is 0.647. The van der Waals surface area contributed by atoms with E-state index in [9.17, 15) is 0 Å². The summed E-state index contributed by atoms with van der Waals surface area (Å²) in [5.41, 5.74) is 1.55. The Kier molecular flexibility index (Phi) is 5.34. The zero-order valence-corrected chi connectivity index (χ0v) is 13.6. The van der Waals surface area contributed by atoms with Gasteiger partial charge in [-0.05, 0) is 24.7 Å². The molecule has 0 bridgehead atoms. The summed E-state index contributed by atoms with van der Waals surface area (Å²) in [6.45, 7) is 4.09. The molecule has 0 amide bonds. The minimum Gasteiger partial charge on any atom is -0.496 e. The van der Waals surface area contributed by atoms with Gasteiger partial charge in [-0.2, -0.15) is 0 Å². The molecule has 1 aromatic carbocycles. The van der Waals surface area contributed by atoms with Gasteiger partial charge in [0.1, 0.15) is 17.2 Å². The first-order valence-corrected chi connectivity index (χ1v) is 7.67. The van der Waals surface area contributed by atoms with Crippen molar-refractivity contribution in [3.05, 3.63) is 17.7 Å². The second-order valence-corrected chi connectivity index (χ2v) is 5.82. The molecule has 1 aliphatic carbocycles. The van der Waals surface area contributed by atoms with Gasteiger partial charge in [-0.3, -0.25) is 0 Å². The van der Waals surface area contributed by atoms with Crippen LogP contribution in [0.3, 0.4) is 0 Å². The van der Waals surface area contributed by atoms with Crippen molar-refractivity contribution < 1.29 is 14.2 Å². The molecular formula is C17H27NO3. The van der Waals surface area contributed by atoms with Gasteiger partial charge in [0.2, 0.25) is 0 Å². The van der Waals surface area contributed by atoms with Crippen molar-refractivity contribution >= 4 is 0 Å². The number of rotatable bonds is 8. The summed E-state index contributed by atoms with van der Waals surface area (Å²) in [6, 6.07) is 3.80. The molecule has 0 atom stereocenters. The molecule has 1 fully saturated rings. The third-order valence-electron chi connectivity index (χ3n) is 4.78. The third kappa shape index (κ3) is 3.43. The Morgan fingerprint density at radius 1 is 1.05 bits per heavy atom. The number of hydrogen-bond donors (Lipinski definition) is 1. The molecule has 21 heavy (non-hydrogen) atoms. The first kappa shape index (κ1) is 16.0. The lowest BCUT2D eigenvalue weighted by molar-refractivity contribution is 0.123. The van der Waals surface area contributed by atoms with Crippen LogP contribution in [0.5, 0.6) is 17.2 Å². The fourth-order valence-electron chi connectivity index (χ4n) is 3.04. The van der Waals surface area contributed by atoms with E-state index in [1.807, 2.05) is 12.1 Å². The molecule has 0 unspecified atom stereocenters. The molecule has 0 spiro atoms. The van der Waals surface area contributed by atoms with E-state index >= 15 is 0 Å². The highest BCUT2D eigenvalue weighted by Gasteiger charge is 2.34. The standard InChI is InChI=1S/C17H27NO3/c1-5-17(7-6-8-17)12-18-11-14-15(20-3)9-13(19-2)10-16(14)21-4/h9-10,18H,5-8,11-12H2,1-4H3. The maximum absolute atomic E-state index is 5.48. The van der Waals surface area contributed by atoms with Crippen LogP contribution < -0.4 is 19.5 Å². The van der Waals surface area contributed by atoms with E-state index in [1.54, 1.807) is 21.3 Å². The molecule has 118 valence electrons. The Morgan fingerprint density at radius 2 is 1.67 bits per heavy atom. The highest BCUT2D eigenvalue weighted by Crippen LogP contribution is 2.43. The quantitative estimate of drug-likeness (QED) is 0.797. The van der Waals surface area contributed by atoms with Crippen molar-refractivity contribution in [2.75, 3.05) is 27.9 Å². The lowest BCUT2D eigenvalue weighted by Crippen LogP contribution is -2.39. The van der Waals surface area contributed by atoms with Gasteiger partial charge in [-0.15, -0.1) is 0 Å². The van der Waals surface area contributed by atoms with Crippen molar-refractivity contribution in [2.45, 2.75) is 39.2 Å². The molecule has 1 aromatic rings. The van der Waals surface area contributed by atoms with E-state index in [1.165, 1.54) is 25.7 Å². The van der Waals surface area contributed by atoms with Gasteiger partial charge in [-0.25, -0.2) is 0 Å². The highest BCUT2D eigenvalue weighted by molar-refractivity contribution is 5.50. The number of nitrogens with one attached hydrogen (secondary N) is 1. The average molecular weight is 293 g/mol. The average Bonchev–Trinajstić information content (AvgIpc) is 2.49. The summed E-state index contributed by atoms with van der Waals surface area (Å²) in [5, 5.41) is 3.58. The molecule has 1 N–H and O–H groups in total. The topological polar surface area (TPSA) is 39.7 Å². The Morgan fingerprint density at radius 3 is 2.05 bits per heavy atom. The monoisotopic (exact) mass is 293 g/mol. The molecule has 1 aliphatic rings. The van der Waals surface area contributed by atoms with Crippen molar-refractivity contribution in [1.29, 1.82) is 0 Å². The molecule has 0 saturated heterocycles. The Balaban J connectivity index is 2.07. The smallest absolute Gasteiger partial charge is 0.130 e. The molecule has 0 aromatic heterocycles. The van der Waals surface area contributed by atoms with Gasteiger partial charge in [0, 0.05) is 25.2 Å². The largest absolute Gasteiger partial charge is 0.496 e. The first-order valence-electron chi connectivity index (χ1n) is 7.67. The number of methoxy groups -OCH3 is 3. The van der Waals surface area contributed by atoms with Crippen LogP contribution in [-0.2, 0) is 6.54 Å². The van der Waals surface area contributed by atoms with Gasteiger partial charge >= 0.3 is 0 Å². The van der Waals surface area contributed by atoms with Crippen molar-refractivity contribution in [3.63, 3.8) is 0 Å². The zero-order chi connectivity index (χ0) is 15.3. The van der Waals surface area contributed by atoms with Gasteiger partial charge in [-0.1, -0.05) is 13.3 Å². The first-order chi connectivity index (χ1) is 10.2. The Hall–Kier alpha value is -1.42. The SMILES string of the molecule is CCC1(CNCc2c(OC)cc(OC)cc2OC)CCC1. The lowest BCUT2D eigenvalue weighted by atomic mass is 9.67. The maximum Gasteiger partial charge on any atom is 0.130 e. The Labute approximate surface area is 127 Å². The van der Waals surface area contributed by atoms with Gasteiger partial charge in [0.05, 0.1) is 26.9 Å². The second-order valence-electron chi connectivity index (χ2n) is 5.82. The zero-order valence-electron chi connectivity index (χ0n) is 13.6. The van der Waals surface area contributed by atoms with Crippen LogP contribution in [0, 0.1) is 5.41 Å². The van der Waals surface area contributed by atoms with E-state index in [0.29, 0.717) is 5.41 Å². The van der Waals surface area contributed by atoms with Crippen LogP contribution in [-0.4, -0.2) is 27.9 Å². The number of benzene rings is 1. The fourth-order valence-corrected chi connectivity index (χ4v) is 3.04. The van der Waals surface area contributed by atoms with E-state index in [4.69, 9.17) is 14.2 Å². The number of ether oxygens (including phenoxy) is 3. The molecule has 4 nitrogen and oxygen atoms in total. The molecular weight excluding hydrogens is 266 g/mol. The molecule has 0 heterocycles. The van der Waals surface area contributed by atoms with Crippen LogP contribution in [0.15, 0.2) is 12.1 Å². The van der Waals surface area contributed by atoms with Gasteiger partial charge < -0.3 is 19.5 Å². The van der Waals surface area contributed by atoms with E-state index in [2.05, 4.69) is 12.2 Å². The minimum absolute atomic E-state index is 0.507. The Bertz CT molecular complexity index is 439. The summed E-state index contributed by atoms with van der Waals surface area (Å²) in [7, 11) is 5.00. The van der Waals surface area contributed by atoms with Crippen LogP contribution >= 0.6 is 0 Å². The summed E-state index contributed by atoms with van der Waals surface area (Å²) < 4.78 is 16.2. The molecule has 4 heteroatoms. The van der Waals surface area contributed by atoms with Crippen molar-refractivity contribution in [3.8, 4) is 17.2 Å². The van der Waals surface area contributed by atoms with Crippen LogP contribution in [0.25, 0.3) is 0 Å². The highest BCUT2D eigenvalue weighted by atomic mass is 16.5. The summed E-state index contributed by atoms with van der Waals surface area (Å²) in [6.07, 6.45) is 5.29. The maximum atomic E-state index is 5.48. The van der Waals surface area contributed by atoms with Crippen LogP contribution in [0.4, 0.5) is 0 Å². The molecule has 1 saturated carbocycles. The van der Waals surface area contributed by atoms with Gasteiger partial charge in [0.15, 0.2) is 0 Å². The third-order valence-corrected chi connectivity index (χ3v) is 4.78. The summed E-state index contributed by atoms with van der Waals surface area (Å²) in [4.78, 5) is 0. The van der Waals surface area contributed by atoms with E-state index in [-0.39, 0.29) is 0 Å². The van der Waals surface area contributed by atoms with E-state index in [0.717, 1.165) is 35.9 Å². The normalized spacial score (nSPS) is 16.2. The minimum atomic E-state index is 0.507. The molecule has 2 rings (SSSR count). The predicted molar refractivity (Wildman–Crippen MR) is 84.4 cm³/mol. The second kappa shape index (κ2) is 7.03. The van der Waals surface area contributed by atoms with Crippen molar-refractivity contribution in [1.82, 2.24) is 5.32 Å². The van der Waals surface area contributed by atoms with E-state index < -0.39 is 0 Å². The lowest BCUT2D eigenvalue weighted by Gasteiger charge is -2.41. The predicted octanol–water partition coefficient (Wildman–Crippen LogP) is 3.38.